The lowest BCUT2D eigenvalue weighted by atomic mass is 9.54. The Morgan fingerprint density at radius 1 is 0.650 bits per heavy atom. The van der Waals surface area contributed by atoms with Gasteiger partial charge in [-0.15, -0.1) is 23.2 Å². The molecule has 3 aliphatic rings. The molecule has 0 nitrogen and oxygen atoms in total. The van der Waals surface area contributed by atoms with Crippen LogP contribution < -0.4 is 0 Å². The Labute approximate surface area is 129 Å². The van der Waals surface area contributed by atoms with Gasteiger partial charge in [-0.05, 0) is 36.1 Å². The van der Waals surface area contributed by atoms with E-state index in [9.17, 15) is 0 Å². The molecule has 0 amide bonds. The van der Waals surface area contributed by atoms with Gasteiger partial charge in [-0.25, -0.2) is 0 Å². The molecule has 2 heteroatoms. The van der Waals surface area contributed by atoms with Crippen LogP contribution in [0.5, 0.6) is 0 Å². The Bertz CT molecular complexity index is 593. The maximum absolute atomic E-state index is 6.98. The van der Waals surface area contributed by atoms with Gasteiger partial charge in [0.25, 0.3) is 0 Å². The fourth-order valence-electron chi connectivity index (χ4n) is 4.14. The molecule has 0 unspecified atom stereocenters. The van der Waals surface area contributed by atoms with Crippen molar-refractivity contribution in [1.82, 2.24) is 0 Å². The summed E-state index contributed by atoms with van der Waals surface area (Å²) >= 11 is 14.0. The van der Waals surface area contributed by atoms with Crippen LogP contribution in [0.4, 0.5) is 0 Å². The van der Waals surface area contributed by atoms with E-state index in [1.165, 1.54) is 22.3 Å². The fourth-order valence-corrected chi connectivity index (χ4v) is 4.83. The molecule has 2 bridgehead atoms. The first-order valence-electron chi connectivity index (χ1n) is 7.01. The van der Waals surface area contributed by atoms with Crippen molar-refractivity contribution in [2.45, 2.75) is 35.4 Å². The average Bonchev–Trinajstić information content (AvgIpc) is 2.42. The molecular weight excluding hydrogens is 287 g/mol. The first-order chi connectivity index (χ1) is 9.46. The molecule has 0 aromatic heterocycles. The quantitative estimate of drug-likeness (QED) is 0.581. The van der Waals surface area contributed by atoms with Crippen LogP contribution >= 0.6 is 23.2 Å². The van der Waals surface area contributed by atoms with Crippen LogP contribution in [0.1, 0.15) is 47.9 Å². The summed E-state index contributed by atoms with van der Waals surface area (Å²) in [6.07, 6.45) is 0. The molecule has 0 radical (unpaired) electrons. The molecule has 0 N–H and O–H groups in total. The molecule has 0 fully saturated rings. The van der Waals surface area contributed by atoms with E-state index in [0.29, 0.717) is 0 Å². The van der Waals surface area contributed by atoms with Gasteiger partial charge in [-0.3, -0.25) is 0 Å². The molecule has 0 heterocycles. The second-order valence-corrected chi connectivity index (χ2v) is 7.85. The van der Waals surface area contributed by atoms with Crippen LogP contribution in [0.2, 0.25) is 0 Å². The first kappa shape index (κ1) is 12.7. The molecule has 20 heavy (non-hydrogen) atoms. The third-order valence-corrected chi connectivity index (χ3v) is 6.59. The zero-order chi connectivity index (χ0) is 14.1. The largest absolute Gasteiger partial charge is 0.117 e. The molecular formula is C18H16Cl2. The van der Waals surface area contributed by atoms with E-state index < -0.39 is 9.75 Å². The predicted octanol–water partition coefficient (Wildman–Crippen LogP) is 5.27. The maximum atomic E-state index is 6.98. The van der Waals surface area contributed by atoms with Crippen molar-refractivity contribution in [2.24, 2.45) is 0 Å². The number of hydrogen-bond donors (Lipinski definition) is 0. The van der Waals surface area contributed by atoms with E-state index in [1.54, 1.807) is 0 Å². The highest BCUT2D eigenvalue weighted by Crippen LogP contribution is 2.66. The molecule has 0 aliphatic heterocycles. The van der Waals surface area contributed by atoms with Gasteiger partial charge in [0.1, 0.15) is 0 Å². The van der Waals surface area contributed by atoms with E-state index in [1.807, 2.05) is 0 Å². The molecule has 102 valence electrons. The molecule has 0 spiro atoms. The topological polar surface area (TPSA) is 0 Å². The maximum Gasteiger partial charge on any atom is 0.0725 e. The van der Waals surface area contributed by atoms with E-state index in [0.717, 1.165) is 0 Å². The van der Waals surface area contributed by atoms with Crippen molar-refractivity contribution in [3.8, 4) is 0 Å². The summed E-state index contributed by atoms with van der Waals surface area (Å²) in [5, 5.41) is 0. The summed E-state index contributed by atoms with van der Waals surface area (Å²) in [7, 11) is 0. The van der Waals surface area contributed by atoms with Crippen LogP contribution in [0.25, 0.3) is 0 Å². The van der Waals surface area contributed by atoms with Crippen molar-refractivity contribution in [3.05, 3.63) is 70.8 Å². The number of alkyl halides is 2. The zero-order valence-corrected chi connectivity index (χ0v) is 13.0. The Kier molecular flexibility index (Phi) is 2.43. The zero-order valence-electron chi connectivity index (χ0n) is 11.5. The Morgan fingerprint density at radius 2 is 0.900 bits per heavy atom. The van der Waals surface area contributed by atoms with Crippen molar-refractivity contribution in [3.63, 3.8) is 0 Å². The lowest BCUT2D eigenvalue weighted by molar-refractivity contribution is 0.329. The lowest BCUT2D eigenvalue weighted by Crippen LogP contribution is -2.57. The fraction of sp³-hybridized carbons (Fsp3) is 0.333. The van der Waals surface area contributed by atoms with E-state index in [2.05, 4.69) is 62.4 Å². The normalized spacial score (nSPS) is 37.4. The molecule has 3 aliphatic carbocycles. The van der Waals surface area contributed by atoms with E-state index >= 15 is 0 Å². The monoisotopic (exact) mass is 302 g/mol. The second-order valence-electron chi connectivity index (χ2n) is 6.28. The third kappa shape index (κ3) is 1.30. The van der Waals surface area contributed by atoms with E-state index in [4.69, 9.17) is 23.2 Å². The van der Waals surface area contributed by atoms with Crippen LogP contribution in [-0.2, 0) is 0 Å². The molecule has 2 aromatic carbocycles. The highest BCUT2D eigenvalue weighted by molar-refractivity contribution is 6.36. The number of halogens is 2. The summed E-state index contributed by atoms with van der Waals surface area (Å²) in [6.45, 7) is 4.18. The van der Waals surface area contributed by atoms with Gasteiger partial charge < -0.3 is 0 Å². The van der Waals surface area contributed by atoms with Crippen LogP contribution in [-0.4, -0.2) is 9.75 Å². The second kappa shape index (κ2) is 3.81. The number of benzene rings is 2. The summed E-state index contributed by atoms with van der Waals surface area (Å²) in [4.78, 5) is -0.968. The van der Waals surface area contributed by atoms with Crippen LogP contribution in [0.3, 0.4) is 0 Å². The van der Waals surface area contributed by atoms with Crippen LogP contribution in [0.15, 0.2) is 48.5 Å². The summed E-state index contributed by atoms with van der Waals surface area (Å²) in [5.41, 5.74) is 5.36. The van der Waals surface area contributed by atoms with Gasteiger partial charge in [0.15, 0.2) is 0 Å². The molecule has 0 saturated carbocycles. The van der Waals surface area contributed by atoms with Gasteiger partial charge in [-0.2, -0.15) is 0 Å². The Hall–Kier alpha value is -0.980. The average molecular weight is 303 g/mol. The highest BCUT2D eigenvalue weighted by atomic mass is 35.5. The number of rotatable bonds is 0. The first-order valence-corrected chi connectivity index (χ1v) is 7.77. The summed E-state index contributed by atoms with van der Waals surface area (Å²) in [6, 6.07) is 17.2. The van der Waals surface area contributed by atoms with Crippen molar-refractivity contribution < 1.29 is 0 Å². The Balaban J connectivity index is 2.13. The molecule has 0 saturated heterocycles. The predicted molar refractivity (Wildman–Crippen MR) is 85.1 cm³/mol. The van der Waals surface area contributed by atoms with Gasteiger partial charge >= 0.3 is 0 Å². The smallest absolute Gasteiger partial charge is 0.0725 e. The molecule has 2 aromatic rings. The van der Waals surface area contributed by atoms with Crippen molar-refractivity contribution >= 4 is 23.2 Å². The number of hydrogen-bond acceptors (Lipinski definition) is 0. The molecule has 2 atom stereocenters. The van der Waals surface area contributed by atoms with Gasteiger partial charge in [0.05, 0.1) is 9.75 Å². The SMILES string of the molecule is C[C@]1(Cl)C2c3ccccc3C(c3ccccc32)[C@@]1(C)Cl. The third-order valence-electron chi connectivity index (χ3n) is 5.28. The minimum absolute atomic E-state index is 0.157. The van der Waals surface area contributed by atoms with Gasteiger partial charge in [0.2, 0.25) is 0 Å². The highest BCUT2D eigenvalue weighted by Gasteiger charge is 2.61. The minimum atomic E-state index is -0.484. The lowest BCUT2D eigenvalue weighted by Gasteiger charge is -2.57. The summed E-state index contributed by atoms with van der Waals surface area (Å²) in [5.74, 6) is 0.313. The molecule has 5 rings (SSSR count). The summed E-state index contributed by atoms with van der Waals surface area (Å²) < 4.78 is 0. The van der Waals surface area contributed by atoms with Crippen LogP contribution in [0, 0.1) is 0 Å². The van der Waals surface area contributed by atoms with Crippen molar-refractivity contribution in [2.75, 3.05) is 0 Å². The number of fused-ring (bicyclic) bond motifs is 1. The Morgan fingerprint density at radius 3 is 1.15 bits per heavy atom. The van der Waals surface area contributed by atoms with E-state index in [-0.39, 0.29) is 11.8 Å². The standard InChI is InChI=1S/C18H16Cl2/c1-17(19)15-11-7-3-5-9-13(11)16(18(17,2)20)14-10-6-4-8-12(14)15/h3-10,15-16H,1-2H3/t15?,16?,17-,18+. The minimum Gasteiger partial charge on any atom is -0.117 e. The van der Waals surface area contributed by atoms with Crippen molar-refractivity contribution in [1.29, 1.82) is 0 Å². The van der Waals surface area contributed by atoms with Gasteiger partial charge in [0, 0.05) is 11.8 Å². The van der Waals surface area contributed by atoms with Gasteiger partial charge in [-0.1, -0.05) is 48.5 Å².